The van der Waals surface area contributed by atoms with Crippen LogP contribution in [0.15, 0.2) is 77.7 Å². The Morgan fingerprint density at radius 3 is 2.30 bits per heavy atom. The number of carbonyl (C=O) groups excluding carboxylic acids is 1. The van der Waals surface area contributed by atoms with Crippen LogP contribution in [0.5, 0.6) is 0 Å². The molecule has 0 radical (unpaired) electrons. The highest BCUT2D eigenvalue weighted by Gasteiger charge is 2.12. The molecule has 0 aliphatic heterocycles. The summed E-state index contributed by atoms with van der Waals surface area (Å²) in [6.45, 7) is 6.05. The molecule has 0 saturated heterocycles. The smallest absolute Gasteiger partial charge is 0.293 e. The van der Waals surface area contributed by atoms with E-state index in [0.29, 0.717) is 11.3 Å². The van der Waals surface area contributed by atoms with Crippen LogP contribution in [0.1, 0.15) is 27.0 Å². The molecule has 1 aromatic heterocycles. The Kier molecular flexibility index (Phi) is 6.09. The molecule has 1 amide bonds. The van der Waals surface area contributed by atoms with Gasteiger partial charge in [0.15, 0.2) is 5.82 Å². The lowest BCUT2D eigenvalue weighted by molar-refractivity contribution is 0.102. The number of benzene rings is 3. The maximum Gasteiger partial charge on any atom is 0.293 e. The number of aromatic nitrogens is 2. The lowest BCUT2D eigenvalue weighted by Crippen LogP contribution is -2.21. The molecule has 2 N–H and O–H groups in total. The monoisotopic (exact) mass is 438 g/mol. The third kappa shape index (κ3) is 4.70. The molecule has 6 heteroatoms. The van der Waals surface area contributed by atoms with Gasteiger partial charge in [0, 0.05) is 35.7 Å². The summed E-state index contributed by atoms with van der Waals surface area (Å²) in [5.74, 6) is 0.0369. The molecule has 0 atom stereocenters. The first-order chi connectivity index (χ1) is 15.8. The molecule has 0 aliphatic carbocycles. The molecule has 0 bridgehead atoms. The van der Waals surface area contributed by atoms with E-state index < -0.39 is 0 Å². The van der Waals surface area contributed by atoms with Crippen molar-refractivity contribution < 1.29 is 4.79 Å². The zero-order valence-electron chi connectivity index (χ0n) is 19.1. The Morgan fingerprint density at radius 1 is 0.879 bits per heavy atom. The molecule has 0 unspecified atom stereocenters. The summed E-state index contributed by atoms with van der Waals surface area (Å²) in [6, 6.07) is 20.6. The van der Waals surface area contributed by atoms with E-state index in [4.69, 9.17) is 0 Å². The van der Waals surface area contributed by atoms with E-state index in [9.17, 15) is 9.59 Å². The van der Waals surface area contributed by atoms with Gasteiger partial charge in [0.2, 0.25) is 0 Å². The second-order valence-corrected chi connectivity index (χ2v) is 8.11. The van der Waals surface area contributed by atoms with Gasteiger partial charge in [-0.25, -0.2) is 4.98 Å². The number of hydrogen-bond donors (Lipinski definition) is 2. The number of nitrogens with zero attached hydrogens (tertiary/aromatic N) is 2. The third-order valence-corrected chi connectivity index (χ3v) is 5.75. The van der Waals surface area contributed by atoms with Gasteiger partial charge in [0.1, 0.15) is 0 Å². The number of rotatable bonds is 5. The maximum absolute atomic E-state index is 12.7. The summed E-state index contributed by atoms with van der Waals surface area (Å²) < 4.78 is 1.52. The van der Waals surface area contributed by atoms with E-state index >= 15 is 0 Å². The molecule has 0 fully saturated rings. The van der Waals surface area contributed by atoms with Crippen molar-refractivity contribution >= 4 is 23.1 Å². The Hall–Kier alpha value is -4.19. The molecule has 33 heavy (non-hydrogen) atoms. The maximum atomic E-state index is 12.7. The minimum absolute atomic E-state index is 0.193. The summed E-state index contributed by atoms with van der Waals surface area (Å²) >= 11 is 0. The van der Waals surface area contributed by atoms with Gasteiger partial charge in [-0.2, -0.15) is 0 Å². The molecule has 0 spiro atoms. The summed E-state index contributed by atoms with van der Waals surface area (Å²) in [4.78, 5) is 29.9. The van der Waals surface area contributed by atoms with E-state index in [0.717, 1.165) is 33.6 Å². The first-order valence-corrected chi connectivity index (χ1v) is 10.7. The average molecular weight is 439 g/mol. The van der Waals surface area contributed by atoms with Crippen LogP contribution < -0.4 is 16.2 Å². The average Bonchev–Trinajstić information content (AvgIpc) is 2.80. The van der Waals surface area contributed by atoms with Gasteiger partial charge in [-0.15, -0.1) is 0 Å². The van der Waals surface area contributed by atoms with Crippen molar-refractivity contribution in [1.82, 2.24) is 9.55 Å². The van der Waals surface area contributed by atoms with Crippen LogP contribution in [0.3, 0.4) is 0 Å². The molecule has 166 valence electrons. The molecule has 1 heterocycles. The third-order valence-electron chi connectivity index (χ3n) is 5.75. The predicted molar refractivity (Wildman–Crippen MR) is 133 cm³/mol. The number of anilines is 3. The number of aryl methyl sites for hydroxylation is 3. The number of nitrogens with one attached hydrogen (secondary N) is 2. The highest BCUT2D eigenvalue weighted by molar-refractivity contribution is 6.04. The quantitative estimate of drug-likeness (QED) is 0.439. The van der Waals surface area contributed by atoms with E-state index in [-0.39, 0.29) is 17.3 Å². The molecule has 0 aliphatic rings. The molecule has 3 aromatic carbocycles. The fourth-order valence-corrected chi connectivity index (χ4v) is 3.60. The van der Waals surface area contributed by atoms with Crippen LogP contribution in [-0.2, 0) is 7.05 Å². The normalized spacial score (nSPS) is 10.7. The molecule has 4 rings (SSSR count). The number of hydrogen-bond acceptors (Lipinski definition) is 4. The molecule has 6 nitrogen and oxygen atoms in total. The summed E-state index contributed by atoms with van der Waals surface area (Å²) in [5, 5.41) is 6.03. The Bertz CT molecular complexity index is 1390. The second kappa shape index (κ2) is 9.12. The van der Waals surface area contributed by atoms with Crippen molar-refractivity contribution in [3.63, 3.8) is 0 Å². The van der Waals surface area contributed by atoms with Crippen molar-refractivity contribution in [2.75, 3.05) is 10.6 Å². The standard InChI is InChI=1S/C27H26N4O2/c1-17-9-7-10-22(19(17)3)24-16-31(4)27(33)25(29-24)28-21-14-12-20(13-15-21)26(32)30-23-11-6-5-8-18(23)2/h5-16H,1-4H3,(H,28,29)(H,30,32). The first kappa shape index (κ1) is 22.0. The predicted octanol–water partition coefficient (Wildman–Crippen LogP) is 5.37. The van der Waals surface area contributed by atoms with Crippen molar-refractivity contribution in [1.29, 1.82) is 0 Å². The number of para-hydroxylation sites is 1. The second-order valence-electron chi connectivity index (χ2n) is 8.11. The fourth-order valence-electron chi connectivity index (χ4n) is 3.60. The minimum Gasteiger partial charge on any atom is -0.336 e. The molecule has 0 saturated carbocycles. The highest BCUT2D eigenvalue weighted by Crippen LogP contribution is 2.24. The van der Waals surface area contributed by atoms with Crippen molar-refractivity contribution in [2.45, 2.75) is 20.8 Å². The minimum atomic E-state index is -0.231. The van der Waals surface area contributed by atoms with Gasteiger partial charge in [-0.1, -0.05) is 36.4 Å². The van der Waals surface area contributed by atoms with Gasteiger partial charge in [0.05, 0.1) is 5.69 Å². The highest BCUT2D eigenvalue weighted by atomic mass is 16.1. The lowest BCUT2D eigenvalue weighted by Gasteiger charge is -2.13. The van der Waals surface area contributed by atoms with Crippen LogP contribution in [-0.4, -0.2) is 15.5 Å². The van der Waals surface area contributed by atoms with Crippen molar-refractivity contribution in [3.05, 3.63) is 106 Å². The summed E-state index contributed by atoms with van der Waals surface area (Å²) in [5.41, 5.74) is 6.72. The number of amides is 1. The van der Waals surface area contributed by atoms with E-state index in [1.807, 2.05) is 50.2 Å². The van der Waals surface area contributed by atoms with Crippen molar-refractivity contribution in [2.24, 2.45) is 7.05 Å². The summed E-state index contributed by atoms with van der Waals surface area (Å²) in [6.07, 6.45) is 1.74. The van der Waals surface area contributed by atoms with Gasteiger partial charge >= 0.3 is 0 Å². The van der Waals surface area contributed by atoms with Crippen LogP contribution in [0, 0.1) is 20.8 Å². The van der Waals surface area contributed by atoms with Gasteiger partial charge in [-0.3, -0.25) is 9.59 Å². The first-order valence-electron chi connectivity index (χ1n) is 10.7. The van der Waals surface area contributed by atoms with E-state index in [1.165, 1.54) is 4.57 Å². The zero-order valence-corrected chi connectivity index (χ0v) is 19.1. The van der Waals surface area contributed by atoms with Gasteiger partial charge < -0.3 is 15.2 Å². The van der Waals surface area contributed by atoms with Crippen LogP contribution in [0.2, 0.25) is 0 Å². The SMILES string of the molecule is Cc1ccccc1NC(=O)c1ccc(Nc2nc(-c3cccc(C)c3C)cn(C)c2=O)cc1. The Morgan fingerprint density at radius 2 is 1.58 bits per heavy atom. The Balaban J connectivity index is 1.57. The van der Waals surface area contributed by atoms with Crippen LogP contribution >= 0.6 is 0 Å². The van der Waals surface area contributed by atoms with Gasteiger partial charge in [-0.05, 0) is 67.8 Å². The largest absolute Gasteiger partial charge is 0.336 e. The molecule has 4 aromatic rings. The van der Waals surface area contributed by atoms with Crippen LogP contribution in [0.25, 0.3) is 11.3 Å². The van der Waals surface area contributed by atoms with E-state index in [1.54, 1.807) is 37.5 Å². The Labute approximate surface area is 192 Å². The molecular formula is C27H26N4O2. The topological polar surface area (TPSA) is 76.0 Å². The number of carbonyl (C=O) groups is 1. The lowest BCUT2D eigenvalue weighted by atomic mass is 10.0. The fraction of sp³-hybridized carbons (Fsp3) is 0.148. The van der Waals surface area contributed by atoms with Crippen molar-refractivity contribution in [3.8, 4) is 11.3 Å². The molecular weight excluding hydrogens is 412 g/mol. The van der Waals surface area contributed by atoms with Gasteiger partial charge in [0.25, 0.3) is 11.5 Å². The van der Waals surface area contributed by atoms with E-state index in [2.05, 4.69) is 28.6 Å². The van der Waals surface area contributed by atoms with Crippen LogP contribution in [0.4, 0.5) is 17.2 Å². The summed E-state index contributed by atoms with van der Waals surface area (Å²) in [7, 11) is 1.71. The zero-order chi connectivity index (χ0) is 23.5.